The van der Waals surface area contributed by atoms with Crippen molar-refractivity contribution in [1.82, 2.24) is 12.3 Å². The minimum Gasteiger partial charge on any atom is -0.550 e. The Morgan fingerprint density at radius 2 is 0.842 bits per heavy atom. The lowest BCUT2D eigenvalue weighted by molar-refractivity contribution is -0.315. The Balaban J connectivity index is -0.0000000329. The first kappa shape index (κ1) is 36.1. The fourth-order valence-electron chi connectivity index (χ4n) is 0.204. The number of carbonyl (C=O) groups is 2. The number of aliphatic hydroxyl groups is 3. The molecule has 122 valence electrons. The van der Waals surface area contributed by atoms with Gasteiger partial charge in [-0.15, -0.1) is 0 Å². The standard InChI is InChI=1S/C4H6O4.3C2H6O.2H3N/c5-3(6)1-2-4(7)8;3*1-2-3;;/h1-2H2,(H,5,6)(H,7,8);3*3H,2H2,1H3;2*1H3. The summed E-state index contributed by atoms with van der Waals surface area (Å²) < 4.78 is 0. The summed E-state index contributed by atoms with van der Waals surface area (Å²) in [5, 5.41) is 41.7. The molecule has 0 aromatic carbocycles. The quantitative estimate of drug-likeness (QED) is 0.394. The maximum absolute atomic E-state index is 9.50. The van der Waals surface area contributed by atoms with E-state index in [1.807, 2.05) is 0 Å². The smallest absolute Gasteiger partial charge is 0.0418 e. The molecule has 0 saturated heterocycles. The maximum Gasteiger partial charge on any atom is 0.0418 e. The first-order valence-electron chi connectivity index (χ1n) is 5.09. The molecule has 0 aliphatic rings. The Labute approximate surface area is 114 Å². The lowest BCUT2D eigenvalue weighted by atomic mass is 10.3. The van der Waals surface area contributed by atoms with Crippen LogP contribution in [0.5, 0.6) is 0 Å². The van der Waals surface area contributed by atoms with Gasteiger partial charge in [0.1, 0.15) is 0 Å². The van der Waals surface area contributed by atoms with E-state index in [2.05, 4.69) is 0 Å². The van der Waals surface area contributed by atoms with Crippen LogP contribution in [0.2, 0.25) is 0 Å². The largest absolute Gasteiger partial charge is 0.550 e. The molecule has 0 aliphatic heterocycles. The lowest BCUT2D eigenvalue weighted by Gasteiger charge is -2.00. The maximum atomic E-state index is 9.50. The van der Waals surface area contributed by atoms with Crippen molar-refractivity contribution in [2.45, 2.75) is 33.6 Å². The molecule has 19 heavy (non-hydrogen) atoms. The van der Waals surface area contributed by atoms with E-state index in [-0.39, 0.29) is 32.1 Å². The summed E-state index contributed by atoms with van der Waals surface area (Å²) in [6.07, 6.45) is -0.940. The van der Waals surface area contributed by atoms with Crippen LogP contribution in [0.3, 0.4) is 0 Å². The molecule has 0 unspecified atom stereocenters. The van der Waals surface area contributed by atoms with Gasteiger partial charge in [-0.3, -0.25) is 0 Å². The molecule has 0 aromatic rings. The number of hydrogen-bond donors (Lipinski definition) is 5. The Bertz CT molecular complexity index is 138. The number of carboxylic acid groups (broad SMARTS) is 2. The molecule has 9 heteroatoms. The Kier molecular flexibility index (Phi) is 83.0. The summed E-state index contributed by atoms with van der Waals surface area (Å²) >= 11 is 0. The van der Waals surface area contributed by atoms with Crippen molar-refractivity contribution in [2.24, 2.45) is 0 Å². The summed E-state index contributed by atoms with van der Waals surface area (Å²) in [7, 11) is 0. The highest BCUT2D eigenvalue weighted by molar-refractivity contribution is 5.72. The molecule has 0 bridgehead atoms. The van der Waals surface area contributed by atoms with Crippen molar-refractivity contribution in [3.63, 3.8) is 0 Å². The second kappa shape index (κ2) is 43.7. The Morgan fingerprint density at radius 1 is 0.737 bits per heavy atom. The van der Waals surface area contributed by atoms with E-state index < -0.39 is 24.8 Å². The second-order valence-electron chi connectivity index (χ2n) is 2.19. The number of rotatable bonds is 3. The van der Waals surface area contributed by atoms with Crippen LogP contribution in [0.25, 0.3) is 0 Å². The number of aliphatic hydroxyl groups excluding tert-OH is 3. The predicted molar refractivity (Wildman–Crippen MR) is 69.5 cm³/mol. The molecule has 0 saturated carbocycles. The van der Waals surface area contributed by atoms with Crippen LogP contribution in [0.1, 0.15) is 33.6 Å². The van der Waals surface area contributed by atoms with Crippen LogP contribution in [0, 0.1) is 0 Å². The highest BCUT2D eigenvalue weighted by atomic mass is 16.4. The van der Waals surface area contributed by atoms with Crippen LogP contribution < -0.4 is 22.5 Å². The van der Waals surface area contributed by atoms with Crippen LogP contribution in [-0.4, -0.2) is 47.1 Å². The monoisotopic (exact) mass is 290 g/mol. The average molecular weight is 290 g/mol. The van der Waals surface area contributed by atoms with Crippen LogP contribution in [0.4, 0.5) is 0 Å². The average Bonchev–Trinajstić information content (AvgIpc) is 2.18. The van der Waals surface area contributed by atoms with Gasteiger partial charge in [0.15, 0.2) is 0 Å². The van der Waals surface area contributed by atoms with Gasteiger partial charge in [0.05, 0.1) is 0 Å². The summed E-state index contributed by atoms with van der Waals surface area (Å²) in [5.41, 5.74) is 0. The SMILES string of the molecule is CCO.CCO.CCO.O=C([O-])CCC(=O)[O-].[NH4+].[NH4+]. The van der Waals surface area contributed by atoms with Crippen molar-refractivity contribution < 1.29 is 35.1 Å². The van der Waals surface area contributed by atoms with Crippen molar-refractivity contribution in [3.05, 3.63) is 0 Å². The summed E-state index contributed by atoms with van der Waals surface area (Å²) in [5.74, 6) is -2.73. The molecule has 0 radical (unpaired) electrons. The highest BCUT2D eigenvalue weighted by Crippen LogP contribution is 1.81. The second-order valence-corrected chi connectivity index (χ2v) is 2.19. The zero-order valence-corrected chi connectivity index (χ0v) is 12.5. The van der Waals surface area contributed by atoms with Crippen molar-refractivity contribution in [3.8, 4) is 0 Å². The van der Waals surface area contributed by atoms with Gasteiger partial charge in [-0.1, -0.05) is 0 Å². The lowest BCUT2D eigenvalue weighted by Crippen LogP contribution is -2.27. The molecule has 0 aliphatic carbocycles. The molecular formula is C10H30N2O7. The van der Waals surface area contributed by atoms with Crippen LogP contribution in [0.15, 0.2) is 0 Å². The van der Waals surface area contributed by atoms with E-state index in [9.17, 15) is 19.8 Å². The first-order chi connectivity index (χ1) is 7.87. The molecule has 0 amide bonds. The fourth-order valence-corrected chi connectivity index (χ4v) is 0.204. The minimum atomic E-state index is -1.37. The van der Waals surface area contributed by atoms with Crippen LogP contribution >= 0.6 is 0 Å². The van der Waals surface area contributed by atoms with Gasteiger partial charge >= 0.3 is 0 Å². The van der Waals surface area contributed by atoms with E-state index in [4.69, 9.17) is 15.3 Å². The third-order valence-electron chi connectivity index (χ3n) is 0.533. The van der Waals surface area contributed by atoms with Gasteiger partial charge in [-0.25, -0.2) is 0 Å². The number of hydrogen-bond acceptors (Lipinski definition) is 7. The third-order valence-corrected chi connectivity index (χ3v) is 0.533. The number of carboxylic acids is 2. The molecule has 0 heterocycles. The Morgan fingerprint density at radius 3 is 0.895 bits per heavy atom. The molecule has 0 rings (SSSR count). The summed E-state index contributed by atoms with van der Waals surface area (Å²) in [6, 6.07) is 0. The molecule has 11 N–H and O–H groups in total. The van der Waals surface area contributed by atoms with E-state index in [1.54, 1.807) is 20.8 Å². The number of quaternary nitrogens is 2. The first-order valence-corrected chi connectivity index (χ1v) is 5.09. The fraction of sp³-hybridized carbons (Fsp3) is 0.800. The molecule has 0 atom stereocenters. The predicted octanol–water partition coefficient (Wildman–Crippen LogP) is -1.99. The molecule has 0 spiro atoms. The topological polar surface area (TPSA) is 214 Å². The highest BCUT2D eigenvalue weighted by Gasteiger charge is 1.85. The van der Waals surface area contributed by atoms with Crippen molar-refractivity contribution >= 4 is 11.9 Å². The third kappa shape index (κ3) is 260. The Hall–Kier alpha value is -1.26. The van der Waals surface area contributed by atoms with Gasteiger partial charge in [0.25, 0.3) is 0 Å². The summed E-state index contributed by atoms with van der Waals surface area (Å²) in [6.45, 7) is 5.79. The van der Waals surface area contributed by atoms with E-state index in [0.29, 0.717) is 0 Å². The minimum absolute atomic E-state index is 0. The zero-order chi connectivity index (χ0) is 14.7. The van der Waals surface area contributed by atoms with Crippen molar-refractivity contribution in [1.29, 1.82) is 0 Å². The van der Waals surface area contributed by atoms with Gasteiger partial charge in [0.2, 0.25) is 0 Å². The molecular weight excluding hydrogens is 260 g/mol. The summed E-state index contributed by atoms with van der Waals surface area (Å²) in [4.78, 5) is 19.0. The van der Waals surface area contributed by atoms with Crippen molar-refractivity contribution in [2.75, 3.05) is 19.8 Å². The molecule has 0 fully saturated rings. The van der Waals surface area contributed by atoms with Crippen LogP contribution in [-0.2, 0) is 9.59 Å². The molecule has 0 aromatic heterocycles. The van der Waals surface area contributed by atoms with Gasteiger partial charge in [0, 0.05) is 31.8 Å². The van der Waals surface area contributed by atoms with Gasteiger partial charge in [-0.2, -0.15) is 0 Å². The van der Waals surface area contributed by atoms with E-state index in [0.717, 1.165) is 0 Å². The van der Waals surface area contributed by atoms with E-state index >= 15 is 0 Å². The number of carbonyl (C=O) groups excluding carboxylic acids is 2. The zero-order valence-electron chi connectivity index (χ0n) is 12.5. The van der Waals surface area contributed by atoms with Gasteiger partial charge in [-0.05, 0) is 33.6 Å². The normalized spacial score (nSPS) is 6.42. The van der Waals surface area contributed by atoms with E-state index in [1.165, 1.54) is 0 Å². The molecule has 9 nitrogen and oxygen atoms in total. The van der Waals surface area contributed by atoms with Gasteiger partial charge < -0.3 is 47.4 Å². The number of aliphatic carboxylic acids is 2.